The van der Waals surface area contributed by atoms with Crippen LogP contribution in [0.3, 0.4) is 0 Å². The number of hydrogen-bond acceptors (Lipinski definition) is 2. The predicted octanol–water partition coefficient (Wildman–Crippen LogP) is 2.29. The molecule has 0 amide bonds. The molecule has 0 saturated carbocycles. The van der Waals surface area contributed by atoms with Gasteiger partial charge in [-0.05, 0) is 24.3 Å². The maximum absolute atomic E-state index is 10.6. The van der Waals surface area contributed by atoms with Crippen molar-refractivity contribution in [3.63, 3.8) is 0 Å². The lowest BCUT2D eigenvalue weighted by Gasteiger charge is -1.91. The molecule has 2 aromatic rings. The third-order valence-corrected chi connectivity index (χ3v) is 2.05. The number of aromatic nitrogens is 1. The first-order valence-electron chi connectivity index (χ1n) is 4.86. The number of hydrogen-bond donors (Lipinski definition) is 0. The van der Waals surface area contributed by atoms with E-state index in [0.29, 0.717) is 5.56 Å². The summed E-state index contributed by atoms with van der Waals surface area (Å²) in [6.45, 7) is 0. The minimum atomic E-state index is 0.640. The Labute approximate surface area is 94.0 Å². The zero-order valence-electron chi connectivity index (χ0n) is 8.55. The number of carbonyl (C=O) groups is 1. The summed E-state index contributed by atoms with van der Waals surface area (Å²) in [4.78, 5) is 14.5. The van der Waals surface area contributed by atoms with E-state index >= 15 is 0 Å². The molecule has 0 bridgehead atoms. The third-order valence-electron chi connectivity index (χ3n) is 2.05. The largest absolute Gasteiger partial charge is 0.298 e. The van der Waals surface area contributed by atoms with Gasteiger partial charge >= 0.3 is 0 Å². The lowest BCUT2D eigenvalue weighted by Crippen LogP contribution is -1.81. The van der Waals surface area contributed by atoms with E-state index in [0.717, 1.165) is 17.4 Å². The van der Waals surface area contributed by atoms with Crippen molar-refractivity contribution >= 4 is 6.29 Å². The van der Waals surface area contributed by atoms with Gasteiger partial charge in [-0.15, -0.1) is 0 Å². The van der Waals surface area contributed by atoms with Crippen LogP contribution in [0.4, 0.5) is 0 Å². The average molecular weight is 207 g/mol. The van der Waals surface area contributed by atoms with Gasteiger partial charge in [-0.25, -0.2) is 0 Å². The lowest BCUT2D eigenvalue weighted by molar-refractivity contribution is 0.112. The van der Waals surface area contributed by atoms with E-state index in [4.69, 9.17) is 0 Å². The molecule has 1 heterocycles. The molecule has 16 heavy (non-hydrogen) atoms. The molecule has 0 spiro atoms. The van der Waals surface area contributed by atoms with Crippen LogP contribution in [0.1, 0.15) is 21.5 Å². The van der Waals surface area contributed by atoms with Crippen LogP contribution in [0, 0.1) is 11.8 Å². The van der Waals surface area contributed by atoms with Crippen LogP contribution in [0.2, 0.25) is 0 Å². The van der Waals surface area contributed by atoms with E-state index in [2.05, 4.69) is 16.8 Å². The molecule has 0 saturated heterocycles. The van der Waals surface area contributed by atoms with Crippen LogP contribution in [-0.4, -0.2) is 11.3 Å². The van der Waals surface area contributed by atoms with Gasteiger partial charge < -0.3 is 0 Å². The Bertz CT molecular complexity index is 550. The summed E-state index contributed by atoms with van der Waals surface area (Å²) in [5.74, 6) is 6.01. The van der Waals surface area contributed by atoms with Gasteiger partial charge in [0.2, 0.25) is 0 Å². The molecular formula is C14H9NO. The van der Waals surface area contributed by atoms with Crippen LogP contribution in [-0.2, 0) is 0 Å². The molecule has 1 aromatic heterocycles. The molecule has 0 atom stereocenters. The van der Waals surface area contributed by atoms with Crippen molar-refractivity contribution in [2.24, 2.45) is 0 Å². The zero-order chi connectivity index (χ0) is 11.2. The van der Waals surface area contributed by atoms with Crippen LogP contribution < -0.4 is 0 Å². The Morgan fingerprint density at radius 3 is 2.50 bits per heavy atom. The number of rotatable bonds is 1. The summed E-state index contributed by atoms with van der Waals surface area (Å²) < 4.78 is 0. The number of aldehydes is 1. The van der Waals surface area contributed by atoms with Crippen molar-refractivity contribution in [2.75, 3.05) is 0 Å². The van der Waals surface area contributed by atoms with Gasteiger partial charge in [0.05, 0.1) is 0 Å². The van der Waals surface area contributed by atoms with Crippen molar-refractivity contribution in [1.82, 2.24) is 4.98 Å². The van der Waals surface area contributed by atoms with Gasteiger partial charge in [-0.1, -0.05) is 24.0 Å². The van der Waals surface area contributed by atoms with Crippen LogP contribution in [0.15, 0.2) is 48.8 Å². The summed E-state index contributed by atoms with van der Waals surface area (Å²) in [5.41, 5.74) is 2.38. The highest BCUT2D eigenvalue weighted by Crippen LogP contribution is 2.02. The van der Waals surface area contributed by atoms with Crippen LogP contribution in [0.5, 0.6) is 0 Å². The molecule has 76 valence electrons. The first kappa shape index (κ1) is 10.1. The van der Waals surface area contributed by atoms with Crippen LogP contribution >= 0.6 is 0 Å². The molecule has 0 aliphatic carbocycles. The molecule has 0 unspecified atom stereocenters. The monoisotopic (exact) mass is 207 g/mol. The molecular weight excluding hydrogens is 198 g/mol. The quantitative estimate of drug-likeness (QED) is 0.530. The first-order chi connectivity index (χ1) is 7.88. The minimum absolute atomic E-state index is 0.640. The van der Waals surface area contributed by atoms with Gasteiger partial charge in [-0.3, -0.25) is 9.78 Å². The van der Waals surface area contributed by atoms with E-state index in [1.165, 1.54) is 0 Å². The Balaban J connectivity index is 2.27. The SMILES string of the molecule is O=Cc1cccc(C#Cc2ccncc2)c1. The van der Waals surface area contributed by atoms with E-state index < -0.39 is 0 Å². The van der Waals surface area contributed by atoms with Crippen molar-refractivity contribution in [3.05, 3.63) is 65.5 Å². The highest BCUT2D eigenvalue weighted by Gasteiger charge is 1.90. The van der Waals surface area contributed by atoms with E-state index in [-0.39, 0.29) is 0 Å². The number of pyridine rings is 1. The Hall–Kier alpha value is -2.40. The number of benzene rings is 1. The molecule has 0 radical (unpaired) electrons. The van der Waals surface area contributed by atoms with E-state index in [9.17, 15) is 4.79 Å². The van der Waals surface area contributed by atoms with Crippen LogP contribution in [0.25, 0.3) is 0 Å². The maximum atomic E-state index is 10.6. The van der Waals surface area contributed by atoms with Gasteiger partial charge in [0.15, 0.2) is 0 Å². The molecule has 0 aliphatic heterocycles. The standard InChI is InChI=1S/C14H9NO/c16-11-14-3-1-2-13(10-14)5-4-12-6-8-15-9-7-12/h1-3,6-11H. The second-order valence-electron chi connectivity index (χ2n) is 3.23. The fraction of sp³-hybridized carbons (Fsp3) is 0. The number of carbonyl (C=O) groups excluding carboxylic acids is 1. The summed E-state index contributed by atoms with van der Waals surface area (Å²) in [7, 11) is 0. The lowest BCUT2D eigenvalue weighted by atomic mass is 10.1. The summed E-state index contributed by atoms with van der Waals surface area (Å²) in [5, 5.41) is 0. The maximum Gasteiger partial charge on any atom is 0.150 e. The normalized spacial score (nSPS) is 9.00. The molecule has 0 aliphatic rings. The smallest absolute Gasteiger partial charge is 0.150 e. The molecule has 0 N–H and O–H groups in total. The fourth-order valence-electron chi connectivity index (χ4n) is 1.27. The minimum Gasteiger partial charge on any atom is -0.298 e. The second kappa shape index (κ2) is 4.90. The molecule has 1 aromatic carbocycles. The van der Waals surface area contributed by atoms with E-state index in [1.54, 1.807) is 24.5 Å². The second-order valence-corrected chi connectivity index (χ2v) is 3.23. The first-order valence-corrected chi connectivity index (χ1v) is 4.86. The molecule has 2 nitrogen and oxygen atoms in total. The van der Waals surface area contributed by atoms with Crippen molar-refractivity contribution in [3.8, 4) is 11.8 Å². The third kappa shape index (κ3) is 2.55. The van der Waals surface area contributed by atoms with E-state index in [1.807, 2.05) is 24.3 Å². The van der Waals surface area contributed by atoms with Gasteiger partial charge in [-0.2, -0.15) is 0 Å². The summed E-state index contributed by atoms with van der Waals surface area (Å²) >= 11 is 0. The molecule has 2 rings (SSSR count). The summed E-state index contributed by atoms with van der Waals surface area (Å²) in [6, 6.07) is 10.9. The van der Waals surface area contributed by atoms with Gasteiger partial charge in [0.1, 0.15) is 6.29 Å². The molecule has 0 fully saturated rings. The fourth-order valence-corrected chi connectivity index (χ4v) is 1.27. The average Bonchev–Trinajstić information content (AvgIpc) is 2.38. The summed E-state index contributed by atoms with van der Waals surface area (Å²) in [6.07, 6.45) is 4.22. The topological polar surface area (TPSA) is 30.0 Å². The Kier molecular flexibility index (Phi) is 3.10. The zero-order valence-corrected chi connectivity index (χ0v) is 8.55. The molecule has 2 heteroatoms. The highest BCUT2D eigenvalue weighted by molar-refractivity contribution is 5.75. The predicted molar refractivity (Wildman–Crippen MR) is 62.0 cm³/mol. The van der Waals surface area contributed by atoms with Crippen molar-refractivity contribution in [2.45, 2.75) is 0 Å². The Morgan fingerprint density at radius 2 is 1.75 bits per heavy atom. The highest BCUT2D eigenvalue weighted by atomic mass is 16.1. The van der Waals surface area contributed by atoms with Gasteiger partial charge in [0.25, 0.3) is 0 Å². The van der Waals surface area contributed by atoms with Crippen molar-refractivity contribution in [1.29, 1.82) is 0 Å². The van der Waals surface area contributed by atoms with Gasteiger partial charge in [0, 0.05) is 29.1 Å². The Morgan fingerprint density at radius 1 is 1.00 bits per heavy atom. The van der Waals surface area contributed by atoms with Crippen molar-refractivity contribution < 1.29 is 4.79 Å². The number of nitrogens with zero attached hydrogens (tertiary/aromatic N) is 1.